The van der Waals surface area contributed by atoms with Crippen LogP contribution in [0, 0.1) is 6.92 Å². The van der Waals surface area contributed by atoms with E-state index >= 15 is 0 Å². The third kappa shape index (κ3) is 2.90. The van der Waals surface area contributed by atoms with Gasteiger partial charge >= 0.3 is 0 Å². The molecule has 0 spiro atoms. The van der Waals surface area contributed by atoms with Gasteiger partial charge in [0.2, 0.25) is 5.91 Å². The van der Waals surface area contributed by atoms with Gasteiger partial charge in [0.1, 0.15) is 11.3 Å². The number of carbonyl (C=O) groups is 1. The average Bonchev–Trinajstić information content (AvgIpc) is 2.92. The molecule has 0 aliphatic carbocycles. The summed E-state index contributed by atoms with van der Waals surface area (Å²) in [4.78, 5) is 17.1. The number of amides is 1. The van der Waals surface area contributed by atoms with Crippen molar-refractivity contribution in [3.63, 3.8) is 0 Å². The molecule has 0 saturated carbocycles. The smallest absolute Gasteiger partial charge is 0.221 e. The van der Waals surface area contributed by atoms with Crippen molar-refractivity contribution in [2.45, 2.75) is 13.8 Å². The number of fused-ring (bicyclic) bond motifs is 1. The molecule has 6 heteroatoms. The largest absolute Gasteiger partial charge is 0.494 e. The van der Waals surface area contributed by atoms with Gasteiger partial charge in [-0.3, -0.25) is 4.79 Å². The lowest BCUT2D eigenvalue weighted by atomic mass is 10.1. The van der Waals surface area contributed by atoms with Gasteiger partial charge in [-0.2, -0.15) is 0 Å². The maximum atomic E-state index is 11.4. The number of hydrogen-bond donors (Lipinski definition) is 1. The molecule has 1 aromatic carbocycles. The summed E-state index contributed by atoms with van der Waals surface area (Å²) in [7, 11) is 1.61. The van der Waals surface area contributed by atoms with Crippen LogP contribution in [0.2, 0.25) is 5.02 Å². The normalized spacial score (nSPS) is 10.8. The first-order chi connectivity index (χ1) is 11.0. The van der Waals surface area contributed by atoms with E-state index in [4.69, 9.17) is 21.3 Å². The maximum Gasteiger partial charge on any atom is 0.221 e. The van der Waals surface area contributed by atoms with E-state index in [0.717, 1.165) is 27.2 Å². The number of nitrogens with zero attached hydrogens (tertiary/aromatic N) is 1. The Morgan fingerprint density at radius 2 is 2.13 bits per heavy atom. The van der Waals surface area contributed by atoms with E-state index in [2.05, 4.69) is 5.32 Å². The highest BCUT2D eigenvalue weighted by atomic mass is 35.5. The van der Waals surface area contributed by atoms with E-state index in [1.807, 2.05) is 30.5 Å². The Balaban J connectivity index is 2.30. The lowest BCUT2D eigenvalue weighted by Gasteiger charge is -2.14. The van der Waals surface area contributed by atoms with Crippen molar-refractivity contribution in [1.29, 1.82) is 0 Å². The lowest BCUT2D eigenvalue weighted by Crippen LogP contribution is -2.07. The molecule has 0 fully saturated rings. The van der Waals surface area contributed by atoms with Gasteiger partial charge in [0.25, 0.3) is 0 Å². The van der Waals surface area contributed by atoms with Gasteiger partial charge in [-0.25, -0.2) is 4.98 Å². The summed E-state index contributed by atoms with van der Waals surface area (Å²) in [6.45, 7) is 3.47. The van der Waals surface area contributed by atoms with E-state index in [0.29, 0.717) is 16.3 Å². The molecule has 2 aromatic heterocycles. The molecule has 3 rings (SSSR count). The minimum Gasteiger partial charge on any atom is -0.494 e. The molecule has 3 aromatic rings. The Bertz CT molecular complexity index is 905. The van der Waals surface area contributed by atoms with Crippen molar-refractivity contribution in [3.05, 3.63) is 40.2 Å². The second-order valence-corrected chi connectivity index (χ2v) is 6.47. The lowest BCUT2D eigenvalue weighted by molar-refractivity contribution is -0.114. The van der Waals surface area contributed by atoms with Crippen molar-refractivity contribution in [2.75, 3.05) is 12.4 Å². The zero-order valence-corrected chi connectivity index (χ0v) is 14.5. The van der Waals surface area contributed by atoms with E-state index in [1.165, 1.54) is 6.92 Å². The van der Waals surface area contributed by atoms with Crippen LogP contribution in [0.4, 0.5) is 5.69 Å². The van der Waals surface area contributed by atoms with Gasteiger partial charge in [-0.05, 0) is 42.1 Å². The van der Waals surface area contributed by atoms with Crippen molar-refractivity contribution in [3.8, 4) is 16.3 Å². The number of halogens is 1. The molecule has 0 unspecified atom stereocenters. The summed E-state index contributed by atoms with van der Waals surface area (Å²) < 4.78 is 5.44. The molecule has 0 saturated heterocycles. The molecule has 0 aliphatic heterocycles. The summed E-state index contributed by atoms with van der Waals surface area (Å²) in [5, 5.41) is 6.33. The van der Waals surface area contributed by atoms with Crippen LogP contribution in [-0.2, 0) is 4.79 Å². The molecule has 0 bridgehead atoms. The van der Waals surface area contributed by atoms with Crippen molar-refractivity contribution in [1.82, 2.24) is 4.98 Å². The first-order valence-corrected chi connectivity index (χ1v) is 8.26. The predicted octanol–water partition coefficient (Wildman–Crippen LogP) is 4.89. The third-order valence-electron chi connectivity index (χ3n) is 3.50. The number of aromatic nitrogens is 1. The number of aryl methyl sites for hydroxylation is 1. The molecule has 0 radical (unpaired) electrons. The predicted molar refractivity (Wildman–Crippen MR) is 95.7 cm³/mol. The molecule has 0 aliphatic rings. The highest BCUT2D eigenvalue weighted by Gasteiger charge is 2.15. The van der Waals surface area contributed by atoms with Crippen LogP contribution in [0.25, 0.3) is 21.5 Å². The molecule has 2 heterocycles. The summed E-state index contributed by atoms with van der Waals surface area (Å²) in [6.07, 6.45) is 0. The monoisotopic (exact) mass is 346 g/mol. The number of thiophene rings is 1. The molecule has 118 valence electrons. The first-order valence-electron chi connectivity index (χ1n) is 7.00. The van der Waals surface area contributed by atoms with Crippen LogP contribution in [0.5, 0.6) is 5.75 Å². The zero-order chi connectivity index (χ0) is 16.6. The Hall–Kier alpha value is -2.11. The Labute approximate surface area is 143 Å². The molecule has 1 N–H and O–H groups in total. The molecular weight excluding hydrogens is 332 g/mol. The van der Waals surface area contributed by atoms with Crippen molar-refractivity contribution >= 4 is 45.4 Å². The number of methoxy groups -OCH3 is 1. The van der Waals surface area contributed by atoms with Crippen LogP contribution >= 0.6 is 22.9 Å². The van der Waals surface area contributed by atoms with Crippen LogP contribution in [0.1, 0.15) is 12.5 Å². The number of benzene rings is 1. The van der Waals surface area contributed by atoms with Gasteiger partial charge in [-0.15, -0.1) is 11.3 Å². The second kappa shape index (κ2) is 6.18. The maximum absolute atomic E-state index is 11.4. The number of pyridine rings is 1. The molecule has 4 nitrogen and oxygen atoms in total. The number of rotatable bonds is 3. The summed E-state index contributed by atoms with van der Waals surface area (Å²) in [5.74, 6) is 0.535. The van der Waals surface area contributed by atoms with Gasteiger partial charge in [0.05, 0.1) is 28.4 Å². The van der Waals surface area contributed by atoms with Crippen LogP contribution < -0.4 is 10.1 Å². The van der Waals surface area contributed by atoms with Gasteiger partial charge in [-0.1, -0.05) is 11.6 Å². The van der Waals surface area contributed by atoms with Crippen molar-refractivity contribution < 1.29 is 9.53 Å². The topological polar surface area (TPSA) is 51.2 Å². The van der Waals surface area contributed by atoms with E-state index in [-0.39, 0.29) is 5.91 Å². The summed E-state index contributed by atoms with van der Waals surface area (Å²) in [5.41, 5.74) is 3.23. The highest BCUT2D eigenvalue weighted by Crippen LogP contribution is 2.38. The van der Waals surface area contributed by atoms with Gasteiger partial charge in [0.15, 0.2) is 0 Å². The fraction of sp³-hybridized carbons (Fsp3) is 0.176. The average molecular weight is 347 g/mol. The molecule has 1 amide bonds. The number of ether oxygens (including phenoxy) is 1. The Morgan fingerprint density at radius 3 is 2.74 bits per heavy atom. The van der Waals surface area contributed by atoms with E-state index in [1.54, 1.807) is 24.5 Å². The minimum atomic E-state index is -0.124. The molecular formula is C17H15ClN2O2S. The molecule has 0 atom stereocenters. The van der Waals surface area contributed by atoms with Crippen LogP contribution in [-0.4, -0.2) is 18.0 Å². The van der Waals surface area contributed by atoms with E-state index < -0.39 is 0 Å². The summed E-state index contributed by atoms with van der Waals surface area (Å²) in [6, 6.07) is 7.47. The standard InChI is InChI=1S/C17H15ClN2O2S/c1-9-8-13(17-11(18)6-7-23-17)20-16-14(22-3)5-4-12(15(9)16)19-10(2)21/h4-8H,1-3H3,(H,19,21). The van der Waals surface area contributed by atoms with Gasteiger partial charge < -0.3 is 10.1 Å². The minimum absolute atomic E-state index is 0.124. The SMILES string of the molecule is COc1ccc(NC(C)=O)c2c(C)cc(-c3sccc3Cl)nc12. The van der Waals surface area contributed by atoms with Crippen LogP contribution in [0.15, 0.2) is 29.6 Å². The number of hydrogen-bond acceptors (Lipinski definition) is 4. The van der Waals surface area contributed by atoms with E-state index in [9.17, 15) is 4.79 Å². The van der Waals surface area contributed by atoms with Crippen molar-refractivity contribution in [2.24, 2.45) is 0 Å². The van der Waals surface area contributed by atoms with Gasteiger partial charge in [0, 0.05) is 12.3 Å². The Morgan fingerprint density at radius 1 is 1.35 bits per heavy atom. The second-order valence-electron chi connectivity index (χ2n) is 5.14. The number of carbonyl (C=O) groups excluding carboxylic acids is 1. The fourth-order valence-electron chi connectivity index (χ4n) is 2.56. The Kier molecular flexibility index (Phi) is 4.24. The molecule has 23 heavy (non-hydrogen) atoms. The number of anilines is 1. The zero-order valence-electron chi connectivity index (χ0n) is 12.9. The first kappa shape index (κ1) is 15.8. The fourth-order valence-corrected chi connectivity index (χ4v) is 3.68. The quantitative estimate of drug-likeness (QED) is 0.734. The highest BCUT2D eigenvalue weighted by molar-refractivity contribution is 7.14. The van der Waals surface area contributed by atoms with Crippen LogP contribution in [0.3, 0.4) is 0 Å². The number of nitrogens with one attached hydrogen (secondary N) is 1. The summed E-state index contributed by atoms with van der Waals surface area (Å²) >= 11 is 7.78. The third-order valence-corrected chi connectivity index (χ3v) is 4.87.